The van der Waals surface area contributed by atoms with Crippen molar-refractivity contribution in [3.05, 3.63) is 311 Å². The van der Waals surface area contributed by atoms with E-state index in [0.717, 1.165) is 60.3 Å². The lowest BCUT2D eigenvalue weighted by molar-refractivity contribution is 0.668. The molecule has 0 saturated heterocycles. The molecule has 12 heterocycles. The summed E-state index contributed by atoms with van der Waals surface area (Å²) in [5.41, 5.74) is 15.7. The Morgan fingerprint density at radius 1 is 0.234 bits per heavy atom. The van der Waals surface area contributed by atoms with Gasteiger partial charge in [0.2, 0.25) is 0 Å². The number of furan rings is 1. The molecule has 0 atom stereocenters. The Labute approximate surface area is 648 Å². The van der Waals surface area contributed by atoms with Gasteiger partial charge in [0.1, 0.15) is 30.1 Å². The summed E-state index contributed by atoms with van der Waals surface area (Å²) < 4.78 is 26.6. The second-order valence-electron chi connectivity index (χ2n) is 28.5. The van der Waals surface area contributed by atoms with Gasteiger partial charge in [0.05, 0.1) is 74.1 Å². The van der Waals surface area contributed by atoms with Crippen molar-refractivity contribution < 1.29 is 4.42 Å². The molecule has 15 aromatic carbocycles. The largest absolute Gasteiger partial charge is 0.456 e. The average molecular weight is 1510 g/mol. The summed E-state index contributed by atoms with van der Waals surface area (Å²) >= 11 is 9.31. The molecule has 516 valence electrons. The van der Waals surface area contributed by atoms with Crippen LogP contribution in [0.15, 0.2) is 315 Å². The molecule has 0 radical (unpaired) electrons. The minimum Gasteiger partial charge on any atom is -0.456 e. The summed E-state index contributed by atoms with van der Waals surface area (Å²) in [6, 6.07) is 99.2. The van der Waals surface area contributed by atoms with Crippen LogP contribution in [0.25, 0.3) is 238 Å². The van der Waals surface area contributed by atoms with Crippen LogP contribution in [0.4, 0.5) is 0 Å². The minimum absolute atomic E-state index is 0.901. The Bertz CT molecular complexity index is 8390. The Kier molecular flexibility index (Phi) is 13.1. The van der Waals surface area contributed by atoms with Gasteiger partial charge in [-0.25, -0.2) is 29.9 Å². The lowest BCUT2D eigenvalue weighted by Crippen LogP contribution is -1.94. The monoisotopic (exact) mass is 1510 g/mol. The molecule has 0 spiro atoms. The fourth-order valence-corrected chi connectivity index (χ4v) is 23.8. The lowest BCUT2D eigenvalue weighted by atomic mass is 10.1. The van der Waals surface area contributed by atoms with Crippen molar-refractivity contribution in [2.75, 3.05) is 0 Å². The van der Waals surface area contributed by atoms with Crippen LogP contribution in [0.5, 0.6) is 0 Å². The molecule has 10 nitrogen and oxygen atoms in total. The molecule has 15 heteroatoms. The number of rotatable bonds is 3. The van der Waals surface area contributed by atoms with E-state index in [1.807, 2.05) is 87.4 Å². The molecule has 27 rings (SSSR count). The van der Waals surface area contributed by atoms with Crippen LogP contribution < -0.4 is 0 Å². The Morgan fingerprint density at radius 2 is 0.595 bits per heavy atom. The molecule has 0 aliphatic carbocycles. The molecule has 0 bridgehead atoms. The number of benzene rings is 15. The van der Waals surface area contributed by atoms with E-state index in [0.29, 0.717) is 0 Å². The molecule has 0 aliphatic rings. The smallest absolute Gasteiger partial charge is 0.137 e. The van der Waals surface area contributed by atoms with Crippen molar-refractivity contribution in [2.24, 2.45) is 0 Å². The first-order valence-electron chi connectivity index (χ1n) is 36.7. The third-order valence-corrected chi connectivity index (χ3v) is 28.4. The van der Waals surface area contributed by atoms with Crippen molar-refractivity contribution in [1.82, 2.24) is 43.6 Å². The van der Waals surface area contributed by atoms with E-state index >= 15 is 0 Å². The summed E-state index contributed by atoms with van der Waals surface area (Å²) in [4.78, 5) is 26.2. The van der Waals surface area contributed by atoms with E-state index in [2.05, 4.69) is 304 Å². The zero-order chi connectivity index (χ0) is 72.3. The maximum absolute atomic E-state index is 6.27. The number of aromatic nitrogens is 9. The van der Waals surface area contributed by atoms with Crippen LogP contribution in [0.1, 0.15) is 0 Å². The van der Waals surface area contributed by atoms with E-state index in [1.165, 1.54) is 178 Å². The topological polar surface area (TPSA) is 105 Å². The van der Waals surface area contributed by atoms with Crippen molar-refractivity contribution in [3.63, 3.8) is 0 Å². The fraction of sp³-hybridized carbons (Fsp3) is 0. The number of hydrogen-bond donors (Lipinski definition) is 0. The molecule has 0 fully saturated rings. The molecule has 0 aliphatic heterocycles. The molecule has 0 saturated carbocycles. The maximum atomic E-state index is 6.27. The van der Waals surface area contributed by atoms with Crippen LogP contribution in [-0.2, 0) is 0 Å². The second kappa shape index (κ2) is 23.6. The van der Waals surface area contributed by atoms with Crippen LogP contribution in [0.2, 0.25) is 0 Å². The van der Waals surface area contributed by atoms with Crippen molar-refractivity contribution in [1.29, 1.82) is 0 Å². The highest BCUT2D eigenvalue weighted by Gasteiger charge is 2.25. The minimum atomic E-state index is 0.901. The van der Waals surface area contributed by atoms with Gasteiger partial charge in [-0.3, -0.25) is 0 Å². The summed E-state index contributed by atoms with van der Waals surface area (Å²) in [6.45, 7) is 0. The normalized spacial score (nSPS) is 12.3. The predicted octanol–water partition coefficient (Wildman–Crippen LogP) is 27.9. The molecule has 0 unspecified atom stereocenters. The van der Waals surface area contributed by atoms with Crippen molar-refractivity contribution in [3.8, 4) is 17.1 Å². The third kappa shape index (κ3) is 9.08. The van der Waals surface area contributed by atoms with E-state index < -0.39 is 0 Å². The van der Waals surface area contributed by atoms with E-state index in [-0.39, 0.29) is 0 Å². The van der Waals surface area contributed by atoms with Gasteiger partial charge in [0.25, 0.3) is 0 Å². The molecule has 0 N–H and O–H groups in total. The van der Waals surface area contributed by atoms with Gasteiger partial charge in [0.15, 0.2) is 0 Å². The van der Waals surface area contributed by atoms with Gasteiger partial charge in [0, 0.05) is 177 Å². The number of fused-ring (bicyclic) bond motifs is 33. The van der Waals surface area contributed by atoms with Gasteiger partial charge in [-0.2, -0.15) is 0 Å². The Hall–Kier alpha value is -13.4. The van der Waals surface area contributed by atoms with E-state index in [1.54, 1.807) is 19.0 Å². The first-order chi connectivity index (χ1) is 55.0. The van der Waals surface area contributed by atoms with E-state index in [4.69, 9.17) is 4.42 Å². The average Bonchev–Trinajstić information content (AvgIpc) is 1.56. The third-order valence-electron chi connectivity index (χ3n) is 22.6. The fourth-order valence-electron chi connectivity index (χ4n) is 17.7. The summed E-state index contributed by atoms with van der Waals surface area (Å²) in [7, 11) is 0. The van der Waals surface area contributed by atoms with Crippen molar-refractivity contribution in [2.45, 2.75) is 0 Å². The van der Waals surface area contributed by atoms with E-state index in [9.17, 15) is 0 Å². The molecular weight excluding hydrogens is 1460 g/mol. The van der Waals surface area contributed by atoms with Gasteiger partial charge < -0.3 is 18.1 Å². The lowest BCUT2D eigenvalue weighted by Gasteiger charge is -2.10. The molecule has 27 aromatic rings. The number of para-hydroxylation sites is 4. The predicted molar refractivity (Wildman–Crippen MR) is 473 cm³/mol. The van der Waals surface area contributed by atoms with Gasteiger partial charge in [-0.05, 0) is 103 Å². The highest BCUT2D eigenvalue weighted by molar-refractivity contribution is 7.28. The van der Waals surface area contributed by atoms with Crippen molar-refractivity contribution >= 4 is 278 Å². The van der Waals surface area contributed by atoms with Gasteiger partial charge in [-0.1, -0.05) is 164 Å². The van der Waals surface area contributed by atoms with Crippen LogP contribution in [-0.4, -0.2) is 43.6 Å². The molecular formula is C96H51N9OS5. The number of nitrogens with zero attached hydrogens (tertiary/aromatic N) is 9. The molecule has 0 amide bonds. The summed E-state index contributed by atoms with van der Waals surface area (Å²) in [6.07, 6.45) is 10.6. The SMILES string of the molecule is c1ccc2c(c1)oc1cc(-n3c4ccccc4c4ccc5c6cc7cncnc7cc6sc5c43)ccc12.c1ccc2c(c1)sc1c(-n3c4ccccc4c4ccc5c6cc7cncnc7cc6sc5c43)cccc12.c1ccc2c(c1)sc1cc(-n3c4ccccc4c4ccc5c6cc7cncnc7cc6sc5c43)ccc12. The molecule has 111 heavy (non-hydrogen) atoms. The maximum Gasteiger partial charge on any atom is 0.137 e. The van der Waals surface area contributed by atoms with Crippen LogP contribution in [0, 0.1) is 0 Å². The van der Waals surface area contributed by atoms with Gasteiger partial charge >= 0.3 is 0 Å². The summed E-state index contributed by atoms with van der Waals surface area (Å²) in [5, 5.41) is 26.0. The van der Waals surface area contributed by atoms with Crippen LogP contribution >= 0.6 is 56.7 Å². The first kappa shape index (κ1) is 61.6. The zero-order valence-electron chi connectivity index (χ0n) is 58.4. The number of hydrogen-bond acceptors (Lipinski definition) is 12. The highest BCUT2D eigenvalue weighted by Crippen LogP contribution is 2.50. The second-order valence-corrected chi connectivity index (χ2v) is 33.8. The van der Waals surface area contributed by atoms with Gasteiger partial charge in [-0.15, -0.1) is 56.7 Å². The quantitative estimate of drug-likeness (QED) is 0.173. The summed E-state index contributed by atoms with van der Waals surface area (Å²) in [5.74, 6) is 0. The first-order valence-corrected chi connectivity index (χ1v) is 40.8. The Balaban J connectivity index is 0.0000000947. The molecule has 12 aromatic heterocycles. The standard InChI is InChI=1S/C32H17N3OS.2C32H17N3S2/c1-3-7-27-20(5-1)23-11-12-24-25-13-18-16-33-17-34-26(18)15-30(25)37-32(24)31(23)35(27)19-9-10-22-21-6-2-4-8-28(21)36-29(22)14-19;1-3-9-26-19(6-1)21-12-13-23-24-14-18-16-33-17-34-25(18)15-29(24)37-32(23)30(21)35(26)27-10-5-8-22-20-7-2-4-11-28(20)36-31(22)27;1-3-7-27-20(5-1)23-11-12-24-25-13-18-16-33-17-34-26(18)15-30(25)37-32(24)31(23)35(27)19-9-10-22-21-6-2-4-8-28(21)36-29(22)14-19/h3*1-17H. The number of thiophene rings is 5. The zero-order valence-corrected chi connectivity index (χ0v) is 62.5. The Morgan fingerprint density at radius 3 is 1.13 bits per heavy atom. The van der Waals surface area contributed by atoms with Crippen LogP contribution in [0.3, 0.4) is 0 Å². The highest BCUT2D eigenvalue weighted by atomic mass is 32.1.